The quantitative estimate of drug-likeness (QED) is 0.520. The number of fused-ring (bicyclic) bond motifs is 7. The fourth-order valence-electron chi connectivity index (χ4n) is 4.00. The molecule has 0 spiro atoms. The van der Waals surface area contributed by atoms with Crippen LogP contribution in [0.25, 0.3) is 16.9 Å². The highest BCUT2D eigenvalue weighted by Gasteiger charge is 2.22. The summed E-state index contributed by atoms with van der Waals surface area (Å²) in [5.41, 5.74) is 11.5. The Hall–Kier alpha value is -3.68. The van der Waals surface area contributed by atoms with Crippen LogP contribution in [-0.2, 0) is 13.0 Å². The van der Waals surface area contributed by atoms with Gasteiger partial charge in [0, 0.05) is 47.7 Å². The van der Waals surface area contributed by atoms with Crippen molar-refractivity contribution in [1.29, 1.82) is 0 Å². The van der Waals surface area contributed by atoms with Gasteiger partial charge in [-0.25, -0.2) is 14.4 Å². The molecule has 1 aliphatic heterocycles. The minimum absolute atomic E-state index is 0.285. The first kappa shape index (κ1) is 18.4. The molecule has 1 aromatic carbocycles. The lowest BCUT2D eigenvalue weighted by Crippen LogP contribution is -2.12. The Morgan fingerprint density at radius 3 is 2.93 bits per heavy atom. The van der Waals surface area contributed by atoms with Crippen LogP contribution in [0.15, 0.2) is 49.2 Å². The van der Waals surface area contributed by atoms with E-state index in [4.69, 9.17) is 10.5 Å². The smallest absolute Gasteiger partial charge is 0.166 e. The number of pyridine rings is 1. The van der Waals surface area contributed by atoms with Gasteiger partial charge in [0.25, 0.3) is 0 Å². The van der Waals surface area contributed by atoms with E-state index in [1.54, 1.807) is 18.6 Å². The number of ether oxygens (including phenoxy) is 1. The van der Waals surface area contributed by atoms with E-state index in [9.17, 15) is 4.39 Å². The lowest BCUT2D eigenvalue weighted by atomic mass is 10.0. The predicted molar refractivity (Wildman–Crippen MR) is 111 cm³/mol. The molecule has 0 radical (unpaired) electrons. The van der Waals surface area contributed by atoms with Gasteiger partial charge in [0.15, 0.2) is 11.6 Å². The van der Waals surface area contributed by atoms with Gasteiger partial charge < -0.3 is 15.0 Å². The normalized spacial score (nSPS) is 15.2. The van der Waals surface area contributed by atoms with Crippen LogP contribution in [0.2, 0.25) is 0 Å². The Balaban J connectivity index is 1.79. The predicted octanol–water partition coefficient (Wildman–Crippen LogP) is 3.92. The summed E-state index contributed by atoms with van der Waals surface area (Å²) in [7, 11) is 0. The van der Waals surface area contributed by atoms with Crippen LogP contribution in [0.5, 0.6) is 5.75 Å². The van der Waals surface area contributed by atoms with Crippen molar-refractivity contribution in [2.24, 2.45) is 0 Å². The third-order valence-electron chi connectivity index (χ3n) is 5.45. The van der Waals surface area contributed by atoms with Crippen molar-refractivity contribution in [3.05, 3.63) is 71.8 Å². The summed E-state index contributed by atoms with van der Waals surface area (Å²) >= 11 is 0. The molecule has 4 aromatic rings. The van der Waals surface area contributed by atoms with Crippen LogP contribution >= 0.6 is 0 Å². The first-order chi connectivity index (χ1) is 14.5. The minimum Gasteiger partial charge on any atom is -0.482 e. The van der Waals surface area contributed by atoms with Crippen molar-refractivity contribution in [1.82, 2.24) is 24.3 Å². The fraction of sp³-hybridized carbons (Fsp3) is 0.227. The Bertz CT molecular complexity index is 1240. The number of imidazole rings is 1. The highest BCUT2D eigenvalue weighted by atomic mass is 19.1. The second-order valence-electron chi connectivity index (χ2n) is 7.34. The molecule has 152 valence electrons. The van der Waals surface area contributed by atoms with Crippen molar-refractivity contribution >= 4 is 5.82 Å². The molecule has 4 heterocycles. The first-order valence-electron chi connectivity index (χ1n) is 9.83. The van der Waals surface area contributed by atoms with E-state index in [0.29, 0.717) is 24.3 Å². The Labute approximate surface area is 173 Å². The number of benzene rings is 1. The number of nitrogens with zero attached hydrogens (tertiary/aromatic N) is 5. The molecular weight excluding hydrogens is 383 g/mol. The second-order valence-corrected chi connectivity index (χ2v) is 7.34. The first-order valence-corrected chi connectivity index (χ1v) is 9.83. The number of anilines is 1. The molecule has 0 fully saturated rings. The molecule has 0 amide bonds. The van der Waals surface area contributed by atoms with E-state index in [0.717, 1.165) is 28.2 Å². The zero-order valence-electron chi connectivity index (χ0n) is 16.7. The van der Waals surface area contributed by atoms with E-state index in [1.165, 1.54) is 12.1 Å². The summed E-state index contributed by atoms with van der Waals surface area (Å²) in [6.07, 6.45) is 7.32. The number of nitrogens with two attached hydrogens (primary N) is 1. The summed E-state index contributed by atoms with van der Waals surface area (Å²) in [4.78, 5) is 8.70. The maximum atomic E-state index is 14.1. The van der Waals surface area contributed by atoms with Gasteiger partial charge in [-0.3, -0.25) is 4.68 Å². The number of aryl methyl sites for hydroxylation is 1. The van der Waals surface area contributed by atoms with E-state index in [2.05, 4.69) is 15.1 Å². The van der Waals surface area contributed by atoms with Crippen LogP contribution in [-0.4, -0.2) is 24.3 Å². The number of nitrogen functional groups attached to an aromatic ring is 1. The van der Waals surface area contributed by atoms with E-state index in [1.807, 2.05) is 41.6 Å². The fourth-order valence-corrected chi connectivity index (χ4v) is 4.00. The molecule has 5 rings (SSSR count). The molecule has 0 saturated heterocycles. The number of rotatable bonds is 1. The summed E-state index contributed by atoms with van der Waals surface area (Å²) in [5, 5.41) is 4.55. The van der Waals surface area contributed by atoms with Gasteiger partial charge in [-0.05, 0) is 38.1 Å². The molecule has 1 atom stereocenters. The molecule has 3 aromatic heterocycles. The highest BCUT2D eigenvalue weighted by molar-refractivity contribution is 5.67. The van der Waals surface area contributed by atoms with Gasteiger partial charge in [0.2, 0.25) is 0 Å². The lowest BCUT2D eigenvalue weighted by molar-refractivity contribution is 0.227. The van der Waals surface area contributed by atoms with Crippen molar-refractivity contribution in [3.63, 3.8) is 0 Å². The average molecular weight is 404 g/mol. The number of hydrogen-bond acceptors (Lipinski definition) is 5. The van der Waals surface area contributed by atoms with Crippen molar-refractivity contribution < 1.29 is 9.13 Å². The van der Waals surface area contributed by atoms with Crippen LogP contribution in [0.4, 0.5) is 10.2 Å². The summed E-state index contributed by atoms with van der Waals surface area (Å²) in [6, 6.07) is 6.56. The van der Waals surface area contributed by atoms with Crippen molar-refractivity contribution in [2.45, 2.75) is 32.9 Å². The minimum atomic E-state index is -0.458. The average Bonchev–Trinajstić information content (AvgIpc) is 3.36. The number of halogens is 1. The lowest BCUT2D eigenvalue weighted by Gasteiger charge is -2.22. The molecule has 30 heavy (non-hydrogen) atoms. The second kappa shape index (κ2) is 6.98. The molecule has 1 unspecified atom stereocenters. The van der Waals surface area contributed by atoms with Gasteiger partial charge in [0.1, 0.15) is 11.9 Å². The Morgan fingerprint density at radius 1 is 1.23 bits per heavy atom. The van der Waals surface area contributed by atoms with Crippen molar-refractivity contribution in [2.75, 3.05) is 5.73 Å². The van der Waals surface area contributed by atoms with Crippen molar-refractivity contribution in [3.8, 4) is 22.7 Å². The zero-order chi connectivity index (χ0) is 20.8. The molecule has 1 aliphatic rings. The molecule has 0 aliphatic carbocycles. The van der Waals surface area contributed by atoms with Gasteiger partial charge in [0.05, 0.1) is 23.9 Å². The number of hydrogen-bond donors (Lipinski definition) is 1. The van der Waals surface area contributed by atoms with Crippen LogP contribution in [0, 0.1) is 5.82 Å². The Morgan fingerprint density at radius 2 is 2.10 bits per heavy atom. The number of aromatic nitrogens is 5. The van der Waals surface area contributed by atoms with Gasteiger partial charge in [-0.1, -0.05) is 0 Å². The van der Waals surface area contributed by atoms with E-state index < -0.39 is 6.10 Å². The summed E-state index contributed by atoms with van der Waals surface area (Å²) in [5.74, 6) is 0.411. The molecule has 2 N–H and O–H groups in total. The molecule has 8 heteroatoms. The SMILES string of the molecule is CCn1ncc2c1-c1cnc(N)c(c1)OC(C)c1cc(F)ccc1-n1cncc1C2. The third-order valence-corrected chi connectivity index (χ3v) is 5.45. The zero-order valence-corrected chi connectivity index (χ0v) is 16.7. The summed E-state index contributed by atoms with van der Waals surface area (Å²) < 4.78 is 24.2. The standard InChI is InChI=1S/C22H21FN6O/c1-3-29-21-14(10-27-29)6-17-11-25-12-28(17)19-5-4-16(23)8-18(19)13(2)30-20-7-15(21)9-26-22(20)24/h4-5,7-13H,3,6H2,1-2H3,(H2,24,26). The molecule has 0 saturated carbocycles. The third kappa shape index (κ3) is 2.92. The van der Waals surface area contributed by atoms with Crippen LogP contribution in [0.3, 0.4) is 0 Å². The topological polar surface area (TPSA) is 83.8 Å². The van der Waals surface area contributed by atoms with Gasteiger partial charge in [-0.2, -0.15) is 5.10 Å². The monoisotopic (exact) mass is 404 g/mol. The maximum absolute atomic E-state index is 14.1. The molecular formula is C22H21FN6O. The van der Waals surface area contributed by atoms with Gasteiger partial charge >= 0.3 is 0 Å². The Kier molecular flexibility index (Phi) is 4.27. The summed E-state index contributed by atoms with van der Waals surface area (Å²) in [6.45, 7) is 4.63. The van der Waals surface area contributed by atoms with Crippen LogP contribution < -0.4 is 10.5 Å². The highest BCUT2D eigenvalue weighted by Crippen LogP contribution is 2.35. The van der Waals surface area contributed by atoms with Crippen LogP contribution in [0.1, 0.15) is 36.8 Å². The maximum Gasteiger partial charge on any atom is 0.166 e. The van der Waals surface area contributed by atoms with Gasteiger partial charge in [-0.15, -0.1) is 0 Å². The molecule has 7 nitrogen and oxygen atoms in total. The molecule has 2 bridgehead atoms. The largest absolute Gasteiger partial charge is 0.482 e. The van der Waals surface area contributed by atoms with E-state index >= 15 is 0 Å². The van der Waals surface area contributed by atoms with E-state index in [-0.39, 0.29) is 11.6 Å².